The van der Waals surface area contributed by atoms with Crippen LogP contribution in [0.15, 0.2) is 42.5 Å². The minimum Gasteiger partial charge on any atom is -0.496 e. The van der Waals surface area contributed by atoms with Gasteiger partial charge in [0.1, 0.15) is 5.75 Å². The molecular formula is C20H24N2O2. The summed E-state index contributed by atoms with van der Waals surface area (Å²) in [7, 11) is 1.59. The number of rotatable bonds is 4. The first-order valence-electron chi connectivity index (χ1n) is 8.49. The van der Waals surface area contributed by atoms with Gasteiger partial charge in [-0.15, -0.1) is 0 Å². The van der Waals surface area contributed by atoms with E-state index < -0.39 is 0 Å². The van der Waals surface area contributed by atoms with Crippen molar-refractivity contribution in [3.63, 3.8) is 0 Å². The molecule has 1 N–H and O–H groups in total. The Morgan fingerprint density at radius 2 is 1.75 bits per heavy atom. The van der Waals surface area contributed by atoms with Crippen LogP contribution in [0, 0.1) is 6.92 Å². The monoisotopic (exact) mass is 324 g/mol. The molecule has 0 radical (unpaired) electrons. The van der Waals surface area contributed by atoms with Gasteiger partial charge in [-0.2, -0.15) is 0 Å². The van der Waals surface area contributed by atoms with Crippen molar-refractivity contribution in [2.75, 3.05) is 30.4 Å². The molecule has 0 saturated carbocycles. The number of carbonyl (C=O) groups is 1. The second kappa shape index (κ2) is 7.39. The van der Waals surface area contributed by atoms with Crippen LogP contribution in [0.1, 0.15) is 35.2 Å². The van der Waals surface area contributed by atoms with E-state index in [9.17, 15) is 4.79 Å². The van der Waals surface area contributed by atoms with Crippen molar-refractivity contribution in [2.45, 2.75) is 26.2 Å². The van der Waals surface area contributed by atoms with Gasteiger partial charge in [0.05, 0.1) is 12.7 Å². The Balaban J connectivity index is 1.72. The third-order valence-corrected chi connectivity index (χ3v) is 4.51. The molecule has 1 saturated heterocycles. The average molecular weight is 324 g/mol. The topological polar surface area (TPSA) is 41.6 Å². The Kier molecular flexibility index (Phi) is 5.04. The largest absolute Gasteiger partial charge is 0.496 e. The van der Waals surface area contributed by atoms with Crippen molar-refractivity contribution < 1.29 is 9.53 Å². The van der Waals surface area contributed by atoms with Crippen LogP contribution >= 0.6 is 0 Å². The highest BCUT2D eigenvalue weighted by molar-refractivity contribution is 6.06. The van der Waals surface area contributed by atoms with Crippen molar-refractivity contribution in [3.05, 3.63) is 53.6 Å². The van der Waals surface area contributed by atoms with Gasteiger partial charge in [-0.25, -0.2) is 0 Å². The Bertz CT molecular complexity index is 704. The number of ether oxygens (including phenoxy) is 1. The summed E-state index contributed by atoms with van der Waals surface area (Å²) in [6.07, 6.45) is 3.83. The highest BCUT2D eigenvalue weighted by atomic mass is 16.5. The lowest BCUT2D eigenvalue weighted by atomic mass is 10.1. The Morgan fingerprint density at radius 3 is 2.42 bits per heavy atom. The van der Waals surface area contributed by atoms with Crippen molar-refractivity contribution in [1.82, 2.24) is 0 Å². The standard InChI is InChI=1S/C20H24N2O2/c1-15-7-6-8-18(19(15)24-2)20(23)21-16-9-11-17(12-10-16)22-13-4-3-5-14-22/h6-12H,3-5,13-14H2,1-2H3,(H,21,23). The molecule has 126 valence electrons. The normalized spacial score (nSPS) is 14.3. The van der Waals surface area contributed by atoms with E-state index in [0.717, 1.165) is 24.3 Å². The number of carbonyl (C=O) groups excluding carboxylic acids is 1. The van der Waals surface area contributed by atoms with Gasteiger partial charge in [-0.05, 0) is 62.1 Å². The number of amides is 1. The molecule has 2 aromatic rings. The van der Waals surface area contributed by atoms with Crippen LogP contribution < -0.4 is 15.0 Å². The number of methoxy groups -OCH3 is 1. The molecule has 24 heavy (non-hydrogen) atoms. The van der Waals surface area contributed by atoms with E-state index in [1.807, 2.05) is 31.2 Å². The molecule has 0 atom stereocenters. The van der Waals surface area contributed by atoms with Gasteiger partial charge >= 0.3 is 0 Å². The molecule has 2 aromatic carbocycles. The fraction of sp³-hybridized carbons (Fsp3) is 0.350. The van der Waals surface area contributed by atoms with Crippen molar-refractivity contribution in [1.29, 1.82) is 0 Å². The van der Waals surface area contributed by atoms with E-state index >= 15 is 0 Å². The number of aryl methyl sites for hydroxylation is 1. The molecule has 0 aromatic heterocycles. The predicted octanol–water partition coefficient (Wildman–Crippen LogP) is 4.25. The second-order valence-corrected chi connectivity index (χ2v) is 6.20. The summed E-state index contributed by atoms with van der Waals surface area (Å²) in [4.78, 5) is 14.9. The van der Waals surface area contributed by atoms with E-state index in [1.54, 1.807) is 13.2 Å². The van der Waals surface area contributed by atoms with Crippen LogP contribution in [0.25, 0.3) is 0 Å². The van der Waals surface area contributed by atoms with Gasteiger partial charge in [0, 0.05) is 24.5 Å². The number of piperidine rings is 1. The number of anilines is 2. The number of hydrogen-bond donors (Lipinski definition) is 1. The van der Waals surface area contributed by atoms with Gasteiger partial charge in [-0.1, -0.05) is 12.1 Å². The first kappa shape index (κ1) is 16.4. The summed E-state index contributed by atoms with van der Waals surface area (Å²) in [5.41, 5.74) is 3.52. The number of nitrogens with one attached hydrogen (secondary N) is 1. The molecular weight excluding hydrogens is 300 g/mol. The quantitative estimate of drug-likeness (QED) is 0.914. The maximum absolute atomic E-state index is 12.5. The van der Waals surface area contributed by atoms with Crippen molar-refractivity contribution >= 4 is 17.3 Å². The van der Waals surface area contributed by atoms with E-state index in [2.05, 4.69) is 22.3 Å². The summed E-state index contributed by atoms with van der Waals surface area (Å²) in [5, 5.41) is 2.95. The minimum absolute atomic E-state index is 0.152. The lowest BCUT2D eigenvalue weighted by Gasteiger charge is -2.28. The van der Waals surface area contributed by atoms with Crippen LogP contribution in [0.5, 0.6) is 5.75 Å². The smallest absolute Gasteiger partial charge is 0.259 e. The molecule has 0 aliphatic carbocycles. The Morgan fingerprint density at radius 1 is 1.04 bits per heavy atom. The maximum atomic E-state index is 12.5. The molecule has 1 heterocycles. The molecule has 1 aliphatic heterocycles. The number of nitrogens with zero attached hydrogens (tertiary/aromatic N) is 1. The zero-order chi connectivity index (χ0) is 16.9. The fourth-order valence-electron chi connectivity index (χ4n) is 3.21. The van der Waals surface area contributed by atoms with Crippen LogP contribution in [0.4, 0.5) is 11.4 Å². The lowest BCUT2D eigenvalue weighted by molar-refractivity contribution is 0.102. The van der Waals surface area contributed by atoms with E-state index in [4.69, 9.17) is 4.74 Å². The summed E-state index contributed by atoms with van der Waals surface area (Å²) in [6.45, 7) is 4.17. The van der Waals surface area contributed by atoms with Gasteiger partial charge in [-0.3, -0.25) is 4.79 Å². The Labute approximate surface area is 143 Å². The summed E-state index contributed by atoms with van der Waals surface area (Å²) < 4.78 is 5.37. The molecule has 1 fully saturated rings. The third-order valence-electron chi connectivity index (χ3n) is 4.51. The minimum atomic E-state index is -0.152. The zero-order valence-electron chi connectivity index (χ0n) is 14.3. The molecule has 0 spiro atoms. The van der Waals surface area contributed by atoms with Crippen LogP contribution in [-0.4, -0.2) is 26.1 Å². The van der Waals surface area contributed by atoms with Crippen LogP contribution in [0.3, 0.4) is 0 Å². The lowest BCUT2D eigenvalue weighted by Crippen LogP contribution is -2.29. The molecule has 0 unspecified atom stereocenters. The summed E-state index contributed by atoms with van der Waals surface area (Å²) in [6, 6.07) is 13.7. The van der Waals surface area contributed by atoms with Crippen molar-refractivity contribution in [3.8, 4) is 5.75 Å². The molecule has 1 aliphatic rings. The van der Waals surface area contributed by atoms with E-state index in [0.29, 0.717) is 11.3 Å². The molecule has 4 nitrogen and oxygen atoms in total. The van der Waals surface area contributed by atoms with Crippen LogP contribution in [-0.2, 0) is 0 Å². The summed E-state index contributed by atoms with van der Waals surface area (Å²) >= 11 is 0. The number of benzene rings is 2. The van der Waals surface area contributed by atoms with E-state index in [1.165, 1.54) is 24.9 Å². The Hall–Kier alpha value is -2.49. The average Bonchev–Trinajstić information content (AvgIpc) is 2.63. The van der Waals surface area contributed by atoms with Gasteiger partial charge in [0.25, 0.3) is 5.91 Å². The second-order valence-electron chi connectivity index (χ2n) is 6.20. The van der Waals surface area contributed by atoms with Gasteiger partial charge < -0.3 is 15.0 Å². The molecule has 4 heteroatoms. The summed E-state index contributed by atoms with van der Waals surface area (Å²) in [5.74, 6) is 0.473. The molecule has 3 rings (SSSR count). The van der Waals surface area contributed by atoms with E-state index in [-0.39, 0.29) is 5.91 Å². The first-order chi connectivity index (χ1) is 11.7. The molecule has 0 bridgehead atoms. The van der Waals surface area contributed by atoms with Gasteiger partial charge in [0.15, 0.2) is 0 Å². The number of para-hydroxylation sites is 1. The first-order valence-corrected chi connectivity index (χ1v) is 8.49. The third kappa shape index (κ3) is 3.53. The highest BCUT2D eigenvalue weighted by Gasteiger charge is 2.15. The van der Waals surface area contributed by atoms with Gasteiger partial charge in [0.2, 0.25) is 0 Å². The zero-order valence-corrected chi connectivity index (χ0v) is 14.3. The SMILES string of the molecule is COc1c(C)cccc1C(=O)Nc1ccc(N2CCCCC2)cc1. The fourth-order valence-corrected chi connectivity index (χ4v) is 3.21. The highest BCUT2D eigenvalue weighted by Crippen LogP contribution is 2.25. The van der Waals surface area contributed by atoms with Crippen LogP contribution in [0.2, 0.25) is 0 Å². The maximum Gasteiger partial charge on any atom is 0.259 e. The predicted molar refractivity (Wildman–Crippen MR) is 98.2 cm³/mol. The molecule has 1 amide bonds. The van der Waals surface area contributed by atoms with Crippen molar-refractivity contribution in [2.24, 2.45) is 0 Å². The number of hydrogen-bond acceptors (Lipinski definition) is 3.